The predicted octanol–water partition coefficient (Wildman–Crippen LogP) is 3.00. The number of hydrogen-bond acceptors (Lipinski definition) is 4. The second-order valence-corrected chi connectivity index (χ2v) is 7.59. The van der Waals surface area contributed by atoms with Crippen molar-refractivity contribution >= 4 is 11.9 Å². The van der Waals surface area contributed by atoms with Crippen LogP contribution in [0.2, 0.25) is 0 Å². The number of amides is 1. The number of benzene rings is 1. The normalized spacial score (nSPS) is 15.8. The lowest BCUT2D eigenvalue weighted by atomic mass is 9.84. The monoisotopic (exact) mass is 426 g/mol. The van der Waals surface area contributed by atoms with Crippen molar-refractivity contribution in [2.45, 2.75) is 45.8 Å². The summed E-state index contributed by atoms with van der Waals surface area (Å²) in [6.07, 6.45) is 3.72. The van der Waals surface area contributed by atoms with E-state index >= 15 is 0 Å². The summed E-state index contributed by atoms with van der Waals surface area (Å²) in [5.41, 5.74) is 0.0669. The number of nitrogens with one attached hydrogen (secondary N) is 2. The number of carbonyl (C=O) groups is 1. The van der Waals surface area contributed by atoms with Crippen molar-refractivity contribution in [2.24, 2.45) is 10.4 Å². The molecule has 0 spiro atoms. The lowest BCUT2D eigenvalue weighted by Gasteiger charge is -2.31. The van der Waals surface area contributed by atoms with Crippen LogP contribution in [0.5, 0.6) is 11.5 Å². The highest BCUT2D eigenvalue weighted by Crippen LogP contribution is 2.39. The average molecular weight is 427 g/mol. The first-order valence-electron chi connectivity index (χ1n) is 10.2. The molecule has 1 aliphatic rings. The smallest absolute Gasteiger partial charge is 0.387 e. The van der Waals surface area contributed by atoms with E-state index in [4.69, 9.17) is 4.74 Å². The fourth-order valence-corrected chi connectivity index (χ4v) is 3.75. The number of ether oxygens (including phenoxy) is 2. The third-order valence-corrected chi connectivity index (χ3v) is 5.26. The summed E-state index contributed by atoms with van der Waals surface area (Å²) in [5, 5.41) is 6.42. The van der Waals surface area contributed by atoms with Crippen molar-refractivity contribution in [1.29, 1.82) is 0 Å². The largest absolute Gasteiger partial charge is 0.497 e. The number of aliphatic imine (C=N–C) groups is 1. The fourth-order valence-electron chi connectivity index (χ4n) is 3.75. The highest BCUT2D eigenvalue weighted by Gasteiger charge is 2.42. The van der Waals surface area contributed by atoms with Gasteiger partial charge < -0.3 is 25.0 Å². The van der Waals surface area contributed by atoms with Crippen LogP contribution >= 0.6 is 0 Å². The van der Waals surface area contributed by atoms with Crippen LogP contribution in [0.3, 0.4) is 0 Å². The van der Waals surface area contributed by atoms with Gasteiger partial charge in [0.05, 0.1) is 19.1 Å². The minimum absolute atomic E-state index is 0.0268. The molecule has 1 fully saturated rings. The molecule has 1 aromatic carbocycles. The average Bonchev–Trinajstić information content (AvgIpc) is 3.19. The molecule has 1 aromatic rings. The van der Waals surface area contributed by atoms with E-state index in [-0.39, 0.29) is 18.2 Å². The van der Waals surface area contributed by atoms with E-state index in [1.165, 1.54) is 13.2 Å². The van der Waals surface area contributed by atoms with Crippen LogP contribution in [-0.2, 0) is 11.3 Å². The second kappa shape index (κ2) is 11.0. The van der Waals surface area contributed by atoms with Gasteiger partial charge in [-0.15, -0.1) is 0 Å². The van der Waals surface area contributed by atoms with Gasteiger partial charge >= 0.3 is 6.61 Å². The molecule has 168 valence electrons. The molecule has 0 unspecified atom stereocenters. The molecule has 2 N–H and O–H groups in total. The summed E-state index contributed by atoms with van der Waals surface area (Å²) < 4.78 is 35.3. The molecule has 0 atom stereocenters. The zero-order valence-corrected chi connectivity index (χ0v) is 18.1. The first-order chi connectivity index (χ1) is 14.3. The molecule has 0 heterocycles. The summed E-state index contributed by atoms with van der Waals surface area (Å²) in [5.74, 6) is 1.09. The van der Waals surface area contributed by atoms with Crippen molar-refractivity contribution in [3.8, 4) is 11.5 Å². The van der Waals surface area contributed by atoms with Gasteiger partial charge in [0.15, 0.2) is 5.96 Å². The second-order valence-electron chi connectivity index (χ2n) is 7.59. The number of carbonyl (C=O) groups excluding carboxylic acids is 1. The van der Waals surface area contributed by atoms with Crippen molar-refractivity contribution in [3.63, 3.8) is 0 Å². The van der Waals surface area contributed by atoms with Crippen molar-refractivity contribution in [1.82, 2.24) is 15.5 Å². The number of halogens is 2. The van der Waals surface area contributed by atoms with Crippen LogP contribution in [0.1, 0.15) is 38.2 Å². The summed E-state index contributed by atoms with van der Waals surface area (Å²) in [6.45, 7) is 0.232. The van der Waals surface area contributed by atoms with E-state index in [1.807, 2.05) is 6.92 Å². The molecule has 7 nitrogen and oxygen atoms in total. The number of alkyl halides is 2. The number of methoxy groups -OCH3 is 1. The summed E-state index contributed by atoms with van der Waals surface area (Å²) in [6, 6.07) is 4.74. The standard InChI is InChI=1S/C21H32F2N4O3/c1-5-24-20(26-14-21(10-6-7-11-21)18(28)27(2)3)25-13-15-8-9-16(29-4)12-17(15)30-19(22)23/h8-9,12,19H,5-7,10-11,13-14H2,1-4H3,(H2,24,25,26). The summed E-state index contributed by atoms with van der Waals surface area (Å²) in [4.78, 5) is 18.9. The molecule has 0 radical (unpaired) electrons. The Kier molecular flexibility index (Phi) is 8.68. The van der Waals surface area contributed by atoms with Gasteiger partial charge in [0, 0.05) is 38.8 Å². The van der Waals surface area contributed by atoms with Crippen LogP contribution in [-0.4, -0.2) is 57.7 Å². The molecular weight excluding hydrogens is 394 g/mol. The van der Waals surface area contributed by atoms with Crippen molar-refractivity contribution < 1.29 is 23.0 Å². The van der Waals surface area contributed by atoms with Crippen molar-refractivity contribution in [2.75, 3.05) is 34.3 Å². The number of guanidine groups is 1. The molecule has 30 heavy (non-hydrogen) atoms. The first kappa shape index (κ1) is 23.7. The number of nitrogens with zero attached hydrogens (tertiary/aromatic N) is 2. The van der Waals surface area contributed by atoms with E-state index < -0.39 is 12.0 Å². The Hall–Kier alpha value is -2.58. The molecule has 1 aliphatic carbocycles. The van der Waals surface area contributed by atoms with E-state index in [0.29, 0.717) is 30.4 Å². The van der Waals surface area contributed by atoms with Gasteiger partial charge in [-0.3, -0.25) is 4.79 Å². The maximum Gasteiger partial charge on any atom is 0.387 e. The molecule has 9 heteroatoms. The lowest BCUT2D eigenvalue weighted by Crippen LogP contribution is -2.49. The first-order valence-corrected chi connectivity index (χ1v) is 10.2. The molecular formula is C21H32F2N4O3. The maximum atomic E-state index is 12.8. The Morgan fingerprint density at radius 2 is 1.97 bits per heavy atom. The zero-order valence-electron chi connectivity index (χ0n) is 18.1. The molecule has 0 aromatic heterocycles. The van der Waals surface area contributed by atoms with Gasteiger partial charge in [-0.2, -0.15) is 8.78 Å². The minimum atomic E-state index is -2.94. The summed E-state index contributed by atoms with van der Waals surface area (Å²) in [7, 11) is 5.01. The predicted molar refractivity (Wildman–Crippen MR) is 112 cm³/mol. The van der Waals surface area contributed by atoms with Crippen LogP contribution < -0.4 is 20.1 Å². The molecule has 2 rings (SSSR count). The lowest BCUT2D eigenvalue weighted by molar-refractivity contribution is -0.138. The van der Waals surface area contributed by atoms with Crippen LogP contribution in [0.4, 0.5) is 8.78 Å². The molecule has 0 bridgehead atoms. The van der Waals surface area contributed by atoms with Gasteiger partial charge in [0.2, 0.25) is 5.91 Å². The SMILES string of the molecule is CCNC(=NCc1ccc(OC)cc1OC(F)F)NCC1(C(=O)N(C)C)CCCC1. The Bertz CT molecular complexity index is 735. The van der Waals surface area contributed by atoms with Gasteiger partial charge in [-0.05, 0) is 31.9 Å². The van der Waals surface area contributed by atoms with Gasteiger partial charge in [-0.1, -0.05) is 12.8 Å². The molecule has 1 amide bonds. The van der Waals surface area contributed by atoms with Crippen molar-refractivity contribution in [3.05, 3.63) is 23.8 Å². The van der Waals surface area contributed by atoms with E-state index in [9.17, 15) is 13.6 Å². The Morgan fingerprint density at radius 1 is 1.27 bits per heavy atom. The topological polar surface area (TPSA) is 75.2 Å². The van der Waals surface area contributed by atoms with Crippen LogP contribution in [0.15, 0.2) is 23.2 Å². The molecule has 0 aliphatic heterocycles. The third-order valence-electron chi connectivity index (χ3n) is 5.26. The Morgan fingerprint density at radius 3 is 2.53 bits per heavy atom. The van der Waals surface area contributed by atoms with Crippen LogP contribution in [0, 0.1) is 5.41 Å². The summed E-state index contributed by atoms with van der Waals surface area (Å²) >= 11 is 0. The Labute approximate surface area is 176 Å². The maximum absolute atomic E-state index is 12.8. The molecule has 0 saturated heterocycles. The Balaban J connectivity index is 2.15. The quantitative estimate of drug-likeness (QED) is 0.469. The fraction of sp³-hybridized carbons (Fsp3) is 0.619. The highest BCUT2D eigenvalue weighted by atomic mass is 19.3. The van der Waals surface area contributed by atoms with Crippen LogP contribution in [0.25, 0.3) is 0 Å². The third kappa shape index (κ3) is 6.21. The van der Waals surface area contributed by atoms with Gasteiger partial charge in [0.25, 0.3) is 0 Å². The van der Waals surface area contributed by atoms with Gasteiger partial charge in [0.1, 0.15) is 11.5 Å². The molecule has 1 saturated carbocycles. The van der Waals surface area contributed by atoms with E-state index in [2.05, 4.69) is 20.4 Å². The minimum Gasteiger partial charge on any atom is -0.497 e. The number of hydrogen-bond donors (Lipinski definition) is 2. The number of rotatable bonds is 9. The highest BCUT2D eigenvalue weighted by molar-refractivity contribution is 5.85. The van der Waals surface area contributed by atoms with E-state index in [0.717, 1.165) is 25.7 Å². The zero-order chi connectivity index (χ0) is 22.1. The van der Waals surface area contributed by atoms with E-state index in [1.54, 1.807) is 31.1 Å². The van der Waals surface area contributed by atoms with Gasteiger partial charge in [-0.25, -0.2) is 4.99 Å².